The molecule has 1 heterocycles. The first-order valence-corrected chi connectivity index (χ1v) is 11.9. The number of amides is 1. The molecule has 1 aliphatic rings. The lowest BCUT2D eigenvalue weighted by molar-refractivity contribution is -0.117. The molecule has 0 bridgehead atoms. The monoisotopic (exact) mass is 474 g/mol. The van der Waals surface area contributed by atoms with Crippen LogP contribution in [0, 0.1) is 0 Å². The molecule has 0 fully saturated rings. The van der Waals surface area contributed by atoms with Crippen molar-refractivity contribution in [2.75, 3.05) is 15.7 Å². The van der Waals surface area contributed by atoms with Crippen LogP contribution in [0.2, 0.25) is 10.0 Å². The minimum Gasteiger partial charge on any atom is -0.307 e. The van der Waals surface area contributed by atoms with E-state index in [-0.39, 0.29) is 34.1 Å². The predicted octanol–water partition coefficient (Wildman–Crippen LogP) is 5.17. The fourth-order valence-corrected chi connectivity index (χ4v) is 5.54. The highest BCUT2D eigenvalue weighted by atomic mass is 35.5. The van der Waals surface area contributed by atoms with Crippen molar-refractivity contribution in [3.8, 4) is 0 Å². The zero-order valence-corrected chi connectivity index (χ0v) is 19.0. The minimum atomic E-state index is -4.02. The van der Waals surface area contributed by atoms with Crippen LogP contribution in [0.1, 0.15) is 12.5 Å². The third-order valence-electron chi connectivity index (χ3n) is 5.28. The molecule has 1 atom stereocenters. The van der Waals surface area contributed by atoms with Gasteiger partial charge in [-0.1, -0.05) is 59.6 Å². The van der Waals surface area contributed by atoms with Gasteiger partial charge in [0.15, 0.2) is 0 Å². The van der Waals surface area contributed by atoms with Crippen molar-refractivity contribution in [2.24, 2.45) is 0 Å². The second-order valence-corrected chi connectivity index (χ2v) is 10.0. The van der Waals surface area contributed by atoms with E-state index in [9.17, 15) is 13.2 Å². The third-order valence-corrected chi connectivity index (χ3v) is 7.80. The van der Waals surface area contributed by atoms with E-state index in [0.717, 1.165) is 22.0 Å². The Bertz CT molecular complexity index is 1230. The normalized spacial score (nSPS) is 15.6. The van der Waals surface area contributed by atoms with Gasteiger partial charge in [0.25, 0.3) is 10.0 Å². The first-order valence-electron chi connectivity index (χ1n) is 9.72. The van der Waals surface area contributed by atoms with Crippen molar-refractivity contribution in [1.29, 1.82) is 0 Å². The van der Waals surface area contributed by atoms with Crippen LogP contribution in [-0.4, -0.2) is 26.9 Å². The average molecular weight is 475 g/mol. The van der Waals surface area contributed by atoms with Crippen LogP contribution >= 0.6 is 23.2 Å². The number of rotatable bonds is 5. The summed E-state index contributed by atoms with van der Waals surface area (Å²) in [7, 11) is -4.02. The summed E-state index contributed by atoms with van der Waals surface area (Å²) in [5, 5.41) is 0.510. The molecule has 1 aliphatic heterocycles. The van der Waals surface area contributed by atoms with E-state index < -0.39 is 10.0 Å². The summed E-state index contributed by atoms with van der Waals surface area (Å²) < 4.78 is 28.1. The standard InChI is InChI=1S/C23H20Cl2N2O3S/c1-16-13-17-7-5-6-10-22(17)27(16)23(28)15-26(18-11-12-20(24)21(25)14-18)31(29,30)19-8-3-2-4-9-19/h2-12,14,16H,13,15H2,1H3/t16-/m0/s1. The highest BCUT2D eigenvalue weighted by molar-refractivity contribution is 7.92. The number of anilines is 2. The Morgan fingerprint density at radius 3 is 2.39 bits per heavy atom. The van der Waals surface area contributed by atoms with Gasteiger partial charge in [-0.25, -0.2) is 8.42 Å². The smallest absolute Gasteiger partial charge is 0.264 e. The predicted molar refractivity (Wildman–Crippen MR) is 125 cm³/mol. The first kappa shape index (κ1) is 21.7. The van der Waals surface area contributed by atoms with E-state index in [1.165, 1.54) is 24.3 Å². The Balaban J connectivity index is 1.75. The average Bonchev–Trinajstić information content (AvgIpc) is 3.10. The molecular formula is C23H20Cl2N2O3S. The van der Waals surface area contributed by atoms with Crippen molar-refractivity contribution in [3.05, 3.63) is 88.4 Å². The van der Waals surface area contributed by atoms with Crippen molar-refractivity contribution in [2.45, 2.75) is 24.3 Å². The fraction of sp³-hybridized carbons (Fsp3) is 0.174. The molecule has 3 aromatic rings. The molecule has 31 heavy (non-hydrogen) atoms. The molecule has 8 heteroatoms. The lowest BCUT2D eigenvalue weighted by atomic mass is 10.1. The highest BCUT2D eigenvalue weighted by Crippen LogP contribution is 2.34. The summed E-state index contributed by atoms with van der Waals surface area (Å²) >= 11 is 12.2. The van der Waals surface area contributed by atoms with E-state index in [2.05, 4.69) is 0 Å². The second-order valence-electron chi connectivity index (χ2n) is 7.37. The SMILES string of the molecule is C[C@H]1Cc2ccccc2N1C(=O)CN(c1ccc(Cl)c(Cl)c1)S(=O)(=O)c1ccccc1. The largest absolute Gasteiger partial charge is 0.307 e. The van der Waals surface area contributed by atoms with Crippen molar-refractivity contribution in [1.82, 2.24) is 0 Å². The zero-order chi connectivity index (χ0) is 22.2. The Labute approximate surface area is 191 Å². The second kappa shape index (κ2) is 8.54. The van der Waals surface area contributed by atoms with Crippen molar-refractivity contribution < 1.29 is 13.2 Å². The van der Waals surface area contributed by atoms with Crippen LogP contribution in [0.4, 0.5) is 11.4 Å². The number of fused-ring (bicyclic) bond motifs is 1. The maximum absolute atomic E-state index is 13.5. The molecule has 4 rings (SSSR count). The van der Waals surface area contributed by atoms with Crippen molar-refractivity contribution in [3.63, 3.8) is 0 Å². The molecule has 160 valence electrons. The van der Waals surface area contributed by atoms with Crippen LogP contribution < -0.4 is 9.21 Å². The molecule has 0 saturated carbocycles. The number of nitrogens with zero attached hydrogens (tertiary/aromatic N) is 2. The number of sulfonamides is 1. The molecule has 3 aromatic carbocycles. The molecule has 0 spiro atoms. The lowest BCUT2D eigenvalue weighted by Gasteiger charge is -2.29. The molecule has 0 saturated heterocycles. The summed E-state index contributed by atoms with van der Waals surface area (Å²) in [4.78, 5) is 15.1. The van der Waals surface area contributed by atoms with E-state index in [4.69, 9.17) is 23.2 Å². The maximum Gasteiger partial charge on any atom is 0.264 e. The van der Waals surface area contributed by atoms with E-state index in [1.54, 1.807) is 29.2 Å². The van der Waals surface area contributed by atoms with Crippen LogP contribution in [0.25, 0.3) is 0 Å². The van der Waals surface area contributed by atoms with Gasteiger partial charge in [0.05, 0.1) is 20.6 Å². The number of benzene rings is 3. The van der Waals surface area contributed by atoms with Gasteiger partial charge in [0.1, 0.15) is 6.54 Å². The molecule has 0 N–H and O–H groups in total. The van der Waals surface area contributed by atoms with Crippen molar-refractivity contribution >= 4 is 50.5 Å². The van der Waals surface area contributed by atoms with Crippen LogP contribution in [0.5, 0.6) is 0 Å². The molecule has 1 amide bonds. The quantitative estimate of drug-likeness (QED) is 0.512. The molecule has 0 unspecified atom stereocenters. The van der Waals surface area contributed by atoms with Gasteiger partial charge < -0.3 is 4.90 Å². The van der Waals surface area contributed by atoms with Crippen LogP contribution in [-0.2, 0) is 21.2 Å². The number of hydrogen-bond acceptors (Lipinski definition) is 3. The highest BCUT2D eigenvalue weighted by Gasteiger charge is 2.34. The van der Waals surface area contributed by atoms with Gasteiger partial charge in [-0.3, -0.25) is 9.10 Å². The Hall–Kier alpha value is -2.54. The number of carbonyl (C=O) groups is 1. The Morgan fingerprint density at radius 2 is 1.68 bits per heavy atom. The molecule has 0 aromatic heterocycles. The Kier molecular flexibility index (Phi) is 5.97. The van der Waals surface area contributed by atoms with E-state index in [1.807, 2.05) is 31.2 Å². The van der Waals surface area contributed by atoms with E-state index >= 15 is 0 Å². The van der Waals surface area contributed by atoms with Gasteiger partial charge >= 0.3 is 0 Å². The number of hydrogen-bond donors (Lipinski definition) is 0. The zero-order valence-electron chi connectivity index (χ0n) is 16.7. The summed E-state index contributed by atoms with van der Waals surface area (Å²) in [6, 6.07) is 20.1. The topological polar surface area (TPSA) is 57.7 Å². The molecule has 0 radical (unpaired) electrons. The van der Waals surface area contributed by atoms with Gasteiger partial charge in [0.2, 0.25) is 5.91 Å². The van der Waals surface area contributed by atoms with Gasteiger partial charge in [0, 0.05) is 11.7 Å². The Morgan fingerprint density at radius 1 is 1.00 bits per heavy atom. The summed E-state index contributed by atoms with van der Waals surface area (Å²) in [6.45, 7) is 1.58. The lowest BCUT2D eigenvalue weighted by Crippen LogP contribution is -2.45. The third kappa shape index (κ3) is 4.15. The van der Waals surface area contributed by atoms with Crippen LogP contribution in [0.15, 0.2) is 77.7 Å². The minimum absolute atomic E-state index is 0.0695. The van der Waals surface area contributed by atoms with Gasteiger partial charge in [-0.05, 0) is 55.3 Å². The van der Waals surface area contributed by atoms with E-state index in [0.29, 0.717) is 5.02 Å². The maximum atomic E-state index is 13.5. The van der Waals surface area contributed by atoms with Crippen LogP contribution in [0.3, 0.4) is 0 Å². The summed E-state index contributed by atoms with van der Waals surface area (Å²) in [5.74, 6) is -0.317. The van der Waals surface area contributed by atoms with Gasteiger partial charge in [-0.2, -0.15) is 0 Å². The summed E-state index contributed by atoms with van der Waals surface area (Å²) in [5.41, 5.74) is 2.15. The van der Waals surface area contributed by atoms with Gasteiger partial charge in [-0.15, -0.1) is 0 Å². The number of para-hydroxylation sites is 1. The number of carbonyl (C=O) groups excluding carboxylic acids is 1. The number of halogens is 2. The first-order chi connectivity index (χ1) is 14.8. The fourth-order valence-electron chi connectivity index (χ4n) is 3.82. The molecule has 0 aliphatic carbocycles. The molecular weight excluding hydrogens is 455 g/mol. The molecule has 5 nitrogen and oxygen atoms in total. The summed E-state index contributed by atoms with van der Waals surface area (Å²) in [6.07, 6.45) is 0.722.